The molecule has 1 amide bonds. The first-order chi connectivity index (χ1) is 13.1. The van der Waals surface area contributed by atoms with Crippen LogP contribution in [0.4, 0.5) is 4.39 Å². The SMILES string of the molecule is Cc1cccn2c(CC(=O)N3CCO[C@@H](Cc4cccc(F)c4)C3)cnc12. The molecule has 2 aromatic heterocycles. The number of benzene rings is 1. The van der Waals surface area contributed by atoms with Crippen molar-refractivity contribution in [3.05, 3.63) is 71.4 Å². The number of rotatable bonds is 4. The lowest BCUT2D eigenvalue weighted by molar-refractivity contribution is -0.138. The van der Waals surface area contributed by atoms with Crippen LogP contribution in [0.5, 0.6) is 0 Å². The summed E-state index contributed by atoms with van der Waals surface area (Å²) in [5.41, 5.74) is 3.72. The Hall–Kier alpha value is -2.73. The van der Waals surface area contributed by atoms with Crippen LogP contribution in [0, 0.1) is 12.7 Å². The van der Waals surface area contributed by atoms with Crippen molar-refractivity contribution in [2.45, 2.75) is 25.9 Å². The van der Waals surface area contributed by atoms with Gasteiger partial charge in [-0.1, -0.05) is 18.2 Å². The van der Waals surface area contributed by atoms with Crippen LogP contribution in [0.1, 0.15) is 16.8 Å². The van der Waals surface area contributed by atoms with Crippen molar-refractivity contribution in [3.8, 4) is 0 Å². The Labute approximate surface area is 157 Å². The number of hydrogen-bond acceptors (Lipinski definition) is 3. The largest absolute Gasteiger partial charge is 0.374 e. The van der Waals surface area contributed by atoms with Gasteiger partial charge in [-0.2, -0.15) is 0 Å². The van der Waals surface area contributed by atoms with Gasteiger partial charge in [-0.3, -0.25) is 4.79 Å². The predicted molar refractivity (Wildman–Crippen MR) is 100 cm³/mol. The van der Waals surface area contributed by atoms with Gasteiger partial charge in [0.1, 0.15) is 11.5 Å². The molecule has 0 bridgehead atoms. The maximum atomic E-state index is 13.4. The minimum atomic E-state index is -0.251. The highest BCUT2D eigenvalue weighted by Gasteiger charge is 2.25. The molecule has 0 radical (unpaired) electrons. The van der Waals surface area contributed by atoms with Crippen molar-refractivity contribution in [1.82, 2.24) is 14.3 Å². The van der Waals surface area contributed by atoms with Crippen LogP contribution in [-0.4, -0.2) is 46.0 Å². The zero-order chi connectivity index (χ0) is 18.8. The molecule has 1 atom stereocenters. The summed E-state index contributed by atoms with van der Waals surface area (Å²) in [6, 6.07) is 10.5. The van der Waals surface area contributed by atoms with E-state index >= 15 is 0 Å². The molecule has 27 heavy (non-hydrogen) atoms. The quantitative estimate of drug-likeness (QED) is 0.712. The van der Waals surface area contributed by atoms with Gasteiger partial charge in [0, 0.05) is 31.9 Å². The molecule has 1 saturated heterocycles. The molecule has 1 aromatic carbocycles. The summed E-state index contributed by atoms with van der Waals surface area (Å²) in [6.07, 6.45) is 4.48. The molecule has 4 rings (SSSR count). The van der Waals surface area contributed by atoms with E-state index in [1.807, 2.05) is 40.6 Å². The van der Waals surface area contributed by atoms with Crippen LogP contribution in [0.2, 0.25) is 0 Å². The van der Waals surface area contributed by atoms with Gasteiger partial charge >= 0.3 is 0 Å². The second-order valence-corrected chi connectivity index (χ2v) is 6.98. The van der Waals surface area contributed by atoms with Crippen LogP contribution in [0.3, 0.4) is 0 Å². The lowest BCUT2D eigenvalue weighted by Crippen LogP contribution is -2.47. The van der Waals surface area contributed by atoms with Gasteiger partial charge in [-0.05, 0) is 36.2 Å². The normalized spacial score (nSPS) is 17.4. The van der Waals surface area contributed by atoms with E-state index in [1.54, 1.807) is 12.3 Å². The molecule has 5 nitrogen and oxygen atoms in total. The van der Waals surface area contributed by atoms with Crippen molar-refractivity contribution in [2.75, 3.05) is 19.7 Å². The number of fused-ring (bicyclic) bond motifs is 1. The minimum Gasteiger partial charge on any atom is -0.374 e. The third-order valence-electron chi connectivity index (χ3n) is 4.98. The lowest BCUT2D eigenvalue weighted by Gasteiger charge is -2.33. The van der Waals surface area contributed by atoms with Gasteiger partial charge in [0.05, 0.1) is 24.8 Å². The van der Waals surface area contributed by atoms with E-state index in [0.717, 1.165) is 22.5 Å². The minimum absolute atomic E-state index is 0.0610. The molecule has 1 fully saturated rings. The number of imidazole rings is 1. The second kappa shape index (κ2) is 7.48. The Morgan fingerprint density at radius 3 is 3.07 bits per heavy atom. The molecule has 1 aliphatic heterocycles. The number of aromatic nitrogens is 2. The first-order valence-electron chi connectivity index (χ1n) is 9.15. The zero-order valence-electron chi connectivity index (χ0n) is 15.3. The van der Waals surface area contributed by atoms with Crippen LogP contribution in [0.15, 0.2) is 48.8 Å². The molecule has 0 aliphatic carbocycles. The number of hydrogen-bond donors (Lipinski definition) is 0. The van der Waals surface area contributed by atoms with Gasteiger partial charge in [0.15, 0.2) is 0 Å². The zero-order valence-corrected chi connectivity index (χ0v) is 15.3. The van der Waals surface area contributed by atoms with E-state index in [0.29, 0.717) is 32.5 Å². The maximum absolute atomic E-state index is 13.4. The smallest absolute Gasteiger partial charge is 0.228 e. The summed E-state index contributed by atoms with van der Waals surface area (Å²) in [6.45, 7) is 3.60. The van der Waals surface area contributed by atoms with Crippen LogP contribution >= 0.6 is 0 Å². The summed E-state index contributed by atoms with van der Waals surface area (Å²) >= 11 is 0. The predicted octanol–water partition coefficient (Wildman–Crippen LogP) is 2.79. The third-order valence-corrected chi connectivity index (χ3v) is 4.98. The van der Waals surface area contributed by atoms with Crippen LogP contribution < -0.4 is 0 Å². The average molecular weight is 367 g/mol. The van der Waals surface area contributed by atoms with Gasteiger partial charge in [-0.15, -0.1) is 0 Å². The molecule has 0 N–H and O–H groups in total. The Morgan fingerprint density at radius 1 is 1.33 bits per heavy atom. The number of aryl methyl sites for hydroxylation is 1. The number of ether oxygens (including phenoxy) is 1. The van der Waals surface area contributed by atoms with Crippen molar-refractivity contribution >= 4 is 11.6 Å². The fraction of sp³-hybridized carbons (Fsp3) is 0.333. The number of morpholine rings is 1. The number of nitrogens with zero attached hydrogens (tertiary/aromatic N) is 3. The summed E-state index contributed by atoms with van der Waals surface area (Å²) in [5, 5.41) is 0. The van der Waals surface area contributed by atoms with E-state index in [2.05, 4.69) is 4.98 Å². The fourth-order valence-corrected chi connectivity index (χ4v) is 3.60. The third kappa shape index (κ3) is 3.85. The molecular weight excluding hydrogens is 345 g/mol. The Balaban J connectivity index is 1.43. The van der Waals surface area contributed by atoms with E-state index in [4.69, 9.17) is 4.74 Å². The number of amides is 1. The van der Waals surface area contributed by atoms with Gasteiger partial charge in [0.25, 0.3) is 0 Å². The van der Waals surface area contributed by atoms with Crippen molar-refractivity contribution in [3.63, 3.8) is 0 Å². The molecule has 3 aromatic rings. The Kier molecular flexibility index (Phi) is 4.90. The monoisotopic (exact) mass is 367 g/mol. The van der Waals surface area contributed by atoms with Crippen molar-refractivity contribution < 1.29 is 13.9 Å². The highest BCUT2D eigenvalue weighted by atomic mass is 19.1. The van der Waals surface area contributed by atoms with Crippen LogP contribution in [0.25, 0.3) is 5.65 Å². The van der Waals surface area contributed by atoms with Gasteiger partial charge in [0.2, 0.25) is 5.91 Å². The van der Waals surface area contributed by atoms with Gasteiger partial charge in [-0.25, -0.2) is 9.37 Å². The molecule has 0 spiro atoms. The van der Waals surface area contributed by atoms with Crippen molar-refractivity contribution in [2.24, 2.45) is 0 Å². The standard InChI is InChI=1S/C21H22FN3O2/c1-15-4-3-7-25-18(13-23-21(15)25)12-20(26)24-8-9-27-19(14-24)11-16-5-2-6-17(22)10-16/h2-7,10,13,19H,8-9,11-12,14H2,1H3/t19-/m0/s1. The summed E-state index contributed by atoms with van der Waals surface area (Å²) in [4.78, 5) is 19.1. The molecule has 0 unspecified atom stereocenters. The molecule has 0 saturated carbocycles. The van der Waals surface area contributed by atoms with Gasteiger partial charge < -0.3 is 14.0 Å². The highest BCUT2D eigenvalue weighted by Crippen LogP contribution is 2.16. The van der Waals surface area contributed by atoms with Crippen LogP contribution in [-0.2, 0) is 22.4 Å². The number of carbonyl (C=O) groups excluding carboxylic acids is 1. The Bertz CT molecular complexity index is 969. The average Bonchev–Trinajstić information content (AvgIpc) is 3.06. The molecular formula is C21H22FN3O2. The van der Waals surface area contributed by atoms with E-state index in [9.17, 15) is 9.18 Å². The van der Waals surface area contributed by atoms with E-state index in [1.165, 1.54) is 12.1 Å². The summed E-state index contributed by atoms with van der Waals surface area (Å²) in [5.74, 6) is -0.190. The van der Waals surface area contributed by atoms with E-state index in [-0.39, 0.29) is 17.8 Å². The molecule has 3 heterocycles. The van der Waals surface area contributed by atoms with Crippen molar-refractivity contribution in [1.29, 1.82) is 0 Å². The second-order valence-electron chi connectivity index (χ2n) is 6.98. The first kappa shape index (κ1) is 17.7. The maximum Gasteiger partial charge on any atom is 0.228 e. The molecule has 140 valence electrons. The topological polar surface area (TPSA) is 46.8 Å². The number of halogens is 1. The number of carbonyl (C=O) groups is 1. The molecule has 6 heteroatoms. The Morgan fingerprint density at radius 2 is 2.22 bits per heavy atom. The highest BCUT2D eigenvalue weighted by molar-refractivity contribution is 5.78. The fourth-order valence-electron chi connectivity index (χ4n) is 3.60. The lowest BCUT2D eigenvalue weighted by atomic mass is 10.1. The first-order valence-corrected chi connectivity index (χ1v) is 9.15. The van der Waals surface area contributed by atoms with E-state index < -0.39 is 0 Å². The summed E-state index contributed by atoms with van der Waals surface area (Å²) < 4.78 is 21.1. The number of pyridine rings is 1. The molecule has 1 aliphatic rings. The summed E-state index contributed by atoms with van der Waals surface area (Å²) in [7, 11) is 0.